The van der Waals surface area contributed by atoms with Gasteiger partial charge in [-0.2, -0.15) is 0 Å². The molecule has 1 aliphatic heterocycles. The predicted molar refractivity (Wildman–Crippen MR) is 115 cm³/mol. The van der Waals surface area contributed by atoms with E-state index < -0.39 is 5.97 Å². The van der Waals surface area contributed by atoms with Crippen molar-refractivity contribution < 1.29 is 24.5 Å². The summed E-state index contributed by atoms with van der Waals surface area (Å²) in [5.41, 5.74) is 0.822. The summed E-state index contributed by atoms with van der Waals surface area (Å²) in [4.78, 5) is 17.2. The van der Waals surface area contributed by atoms with E-state index in [4.69, 9.17) is 21.1 Å². The summed E-state index contributed by atoms with van der Waals surface area (Å²) < 4.78 is 10.2. The Labute approximate surface area is 177 Å². The van der Waals surface area contributed by atoms with Crippen LogP contribution in [0.2, 0.25) is 5.02 Å². The van der Waals surface area contributed by atoms with Crippen LogP contribution in [0.5, 0.6) is 11.5 Å². The van der Waals surface area contributed by atoms with Gasteiger partial charge in [0.05, 0.1) is 29.3 Å². The molecule has 0 radical (unpaired) electrons. The molecule has 0 bridgehead atoms. The van der Waals surface area contributed by atoms with E-state index in [9.17, 15) is 15.0 Å². The maximum absolute atomic E-state index is 12.4. The van der Waals surface area contributed by atoms with Crippen molar-refractivity contribution in [1.29, 1.82) is 0 Å². The second kappa shape index (κ2) is 9.07. The van der Waals surface area contributed by atoms with Crippen LogP contribution < -0.4 is 4.74 Å². The first-order valence-electron chi connectivity index (χ1n) is 8.65. The summed E-state index contributed by atoms with van der Waals surface area (Å²) in [5.74, 6) is -0.430. The maximum atomic E-state index is 12.4. The maximum Gasteiger partial charge on any atom is 0.344 e. The fraction of sp³-hybridized carbons (Fsp3) is 0.143. The molecular formula is C21H18ClNO5S. The van der Waals surface area contributed by atoms with Gasteiger partial charge < -0.3 is 19.7 Å². The molecule has 0 fully saturated rings. The topological polar surface area (TPSA) is 88.4 Å². The van der Waals surface area contributed by atoms with Crippen molar-refractivity contribution in [3.8, 4) is 11.5 Å². The molecule has 29 heavy (non-hydrogen) atoms. The molecule has 1 heterocycles. The number of phenolic OH excluding ortho intramolecular Hbond substituents is 1. The fourth-order valence-electron chi connectivity index (χ4n) is 2.56. The predicted octanol–water partition coefficient (Wildman–Crippen LogP) is 5.25. The zero-order valence-corrected chi connectivity index (χ0v) is 17.3. The number of para-hydroxylation sites is 1. The molecule has 0 aliphatic carbocycles. The number of methoxy groups -OCH3 is 1. The van der Waals surface area contributed by atoms with Crippen LogP contribution in [0.3, 0.4) is 0 Å². The quantitative estimate of drug-likeness (QED) is 0.629. The van der Waals surface area contributed by atoms with Gasteiger partial charge in [-0.25, -0.2) is 9.79 Å². The zero-order chi connectivity index (χ0) is 21.0. The van der Waals surface area contributed by atoms with Crippen LogP contribution in [0.4, 0.5) is 5.69 Å². The van der Waals surface area contributed by atoms with Crippen LogP contribution >= 0.6 is 23.4 Å². The Morgan fingerprint density at radius 3 is 2.69 bits per heavy atom. The van der Waals surface area contributed by atoms with Gasteiger partial charge in [0.15, 0.2) is 0 Å². The molecule has 2 aromatic rings. The number of phenols is 1. The molecular weight excluding hydrogens is 414 g/mol. The molecule has 6 nitrogen and oxygen atoms in total. The first-order valence-corrected chi connectivity index (χ1v) is 9.85. The van der Waals surface area contributed by atoms with Crippen molar-refractivity contribution in [3.05, 3.63) is 69.3 Å². The normalized spacial score (nSPS) is 16.5. The molecule has 2 aromatic carbocycles. The Morgan fingerprint density at radius 1 is 1.24 bits per heavy atom. The van der Waals surface area contributed by atoms with Crippen molar-refractivity contribution >= 4 is 46.1 Å². The lowest BCUT2D eigenvalue weighted by Crippen LogP contribution is -2.12. The Bertz CT molecular complexity index is 1050. The van der Waals surface area contributed by atoms with Crippen molar-refractivity contribution in [2.45, 2.75) is 6.92 Å². The van der Waals surface area contributed by atoms with Gasteiger partial charge in [0.2, 0.25) is 0 Å². The number of rotatable bonds is 5. The summed E-state index contributed by atoms with van der Waals surface area (Å²) in [7, 11) is 1.51. The Balaban J connectivity index is 2.09. The second-order valence-corrected chi connectivity index (χ2v) is 7.29. The molecule has 0 saturated heterocycles. The van der Waals surface area contributed by atoms with Gasteiger partial charge >= 0.3 is 5.97 Å². The first kappa shape index (κ1) is 20.8. The second-order valence-electron chi connectivity index (χ2n) is 5.85. The van der Waals surface area contributed by atoms with Crippen molar-refractivity contribution in [3.63, 3.8) is 0 Å². The van der Waals surface area contributed by atoms with Crippen LogP contribution in [-0.4, -0.2) is 34.9 Å². The lowest BCUT2D eigenvalue weighted by molar-refractivity contribution is -0.138. The van der Waals surface area contributed by atoms with Crippen molar-refractivity contribution in [1.82, 2.24) is 0 Å². The summed E-state index contributed by atoms with van der Waals surface area (Å²) in [6.07, 6.45) is 1.55. The molecule has 150 valence electrons. The number of carbonyl (C=O) groups is 1. The number of esters is 1. The van der Waals surface area contributed by atoms with Crippen LogP contribution in [-0.2, 0) is 9.53 Å². The van der Waals surface area contributed by atoms with Gasteiger partial charge in [-0.05, 0) is 43.3 Å². The minimum atomic E-state index is -0.693. The van der Waals surface area contributed by atoms with E-state index in [0.29, 0.717) is 26.9 Å². The molecule has 0 atom stereocenters. The van der Waals surface area contributed by atoms with E-state index in [0.717, 1.165) is 11.8 Å². The number of nitrogens with zero attached hydrogens (tertiary/aromatic N) is 1. The third kappa shape index (κ3) is 4.58. The van der Waals surface area contributed by atoms with Gasteiger partial charge in [0, 0.05) is 5.56 Å². The highest BCUT2D eigenvalue weighted by Crippen LogP contribution is 2.42. The highest BCUT2D eigenvalue weighted by Gasteiger charge is 2.33. The number of aliphatic hydroxyl groups is 1. The zero-order valence-electron chi connectivity index (χ0n) is 15.7. The van der Waals surface area contributed by atoms with Crippen molar-refractivity contribution in [2.75, 3.05) is 13.7 Å². The molecule has 0 spiro atoms. The number of carbonyl (C=O) groups excluding carboxylic acids is 1. The summed E-state index contributed by atoms with van der Waals surface area (Å²) >= 11 is 7.25. The van der Waals surface area contributed by atoms with Gasteiger partial charge in [-0.15, -0.1) is 0 Å². The number of ether oxygens (including phenoxy) is 2. The summed E-state index contributed by atoms with van der Waals surface area (Å²) in [5, 5.41) is 21.5. The molecule has 3 rings (SSSR count). The van der Waals surface area contributed by atoms with Gasteiger partial charge in [0.25, 0.3) is 0 Å². The Morgan fingerprint density at radius 2 is 2.00 bits per heavy atom. The lowest BCUT2D eigenvalue weighted by Gasteiger charge is -2.05. The Hall–Kier alpha value is -2.90. The summed E-state index contributed by atoms with van der Waals surface area (Å²) in [6, 6.07) is 11.6. The minimum Gasteiger partial charge on any atom is -0.507 e. The van der Waals surface area contributed by atoms with E-state index in [1.54, 1.807) is 49.4 Å². The molecule has 0 aromatic heterocycles. The van der Waals surface area contributed by atoms with E-state index in [2.05, 4.69) is 4.99 Å². The number of hydrogen-bond donors (Lipinski definition) is 2. The van der Waals surface area contributed by atoms with E-state index >= 15 is 0 Å². The molecule has 0 saturated carbocycles. The number of thioether (sulfide) groups is 1. The monoisotopic (exact) mass is 431 g/mol. The van der Waals surface area contributed by atoms with E-state index in [1.165, 1.54) is 13.2 Å². The molecule has 8 heteroatoms. The van der Waals surface area contributed by atoms with Crippen LogP contribution in [0, 0.1) is 0 Å². The van der Waals surface area contributed by atoms with E-state index in [-0.39, 0.29) is 28.7 Å². The van der Waals surface area contributed by atoms with Gasteiger partial charge in [-0.1, -0.05) is 35.5 Å². The molecule has 0 amide bonds. The van der Waals surface area contributed by atoms with Gasteiger partial charge in [-0.3, -0.25) is 0 Å². The largest absolute Gasteiger partial charge is 0.507 e. The minimum absolute atomic E-state index is 0.000812. The third-order valence-corrected chi connectivity index (χ3v) is 5.31. The third-order valence-electron chi connectivity index (χ3n) is 3.97. The standard InChI is InChI=1S/C21H18ClNO5S/c1-3-28-21(26)18-19(25)17(11-12-10-13(27-2)8-9-16(12)24)29-20(18)23-15-7-5-4-6-14(15)22/h4-11,24-25H,3H2,1-2H3. The SMILES string of the molecule is CCOC(=O)C1=C(O)C(=Cc2cc(OC)ccc2O)SC1=Nc1ccccc1Cl. The van der Waals surface area contributed by atoms with Gasteiger partial charge in [0.1, 0.15) is 27.9 Å². The molecule has 0 unspecified atom stereocenters. The first-order chi connectivity index (χ1) is 13.9. The average molecular weight is 432 g/mol. The highest BCUT2D eigenvalue weighted by atomic mass is 35.5. The summed E-state index contributed by atoms with van der Waals surface area (Å²) in [6.45, 7) is 1.82. The van der Waals surface area contributed by atoms with Crippen LogP contribution in [0.15, 0.2) is 63.7 Å². The molecule has 1 aliphatic rings. The smallest absolute Gasteiger partial charge is 0.344 e. The highest BCUT2D eigenvalue weighted by molar-refractivity contribution is 8.18. The number of halogens is 1. The van der Waals surface area contributed by atoms with Crippen molar-refractivity contribution in [2.24, 2.45) is 4.99 Å². The number of hydrogen-bond acceptors (Lipinski definition) is 7. The number of aliphatic imine (C=N–C) groups is 1. The number of benzene rings is 2. The average Bonchev–Trinajstić information content (AvgIpc) is 3.00. The lowest BCUT2D eigenvalue weighted by atomic mass is 10.1. The molecule has 2 N–H and O–H groups in total. The van der Waals surface area contributed by atoms with Crippen LogP contribution in [0.1, 0.15) is 12.5 Å². The van der Waals surface area contributed by atoms with E-state index in [1.807, 2.05) is 0 Å². The van der Waals surface area contributed by atoms with Crippen LogP contribution in [0.25, 0.3) is 6.08 Å². The Kier molecular flexibility index (Phi) is 6.51. The number of aliphatic hydroxyl groups excluding tert-OH is 1. The number of aromatic hydroxyl groups is 1. The fourth-order valence-corrected chi connectivity index (χ4v) is 3.76.